The summed E-state index contributed by atoms with van der Waals surface area (Å²) in [6.45, 7) is 2.78. The van der Waals surface area contributed by atoms with Gasteiger partial charge in [0, 0.05) is 23.0 Å². The van der Waals surface area contributed by atoms with Gasteiger partial charge in [0.25, 0.3) is 0 Å². The molecule has 2 heteroatoms. The predicted octanol–water partition coefficient (Wildman–Crippen LogP) is 3.76. The van der Waals surface area contributed by atoms with Crippen LogP contribution in [0, 0.1) is 6.92 Å². The molecule has 0 bridgehead atoms. The van der Waals surface area contributed by atoms with E-state index in [0.717, 1.165) is 6.42 Å². The first kappa shape index (κ1) is 12.9. The zero-order valence-electron chi connectivity index (χ0n) is 11.8. The average Bonchev–Trinajstić information content (AvgIpc) is 2.89. The van der Waals surface area contributed by atoms with Crippen molar-refractivity contribution >= 4 is 10.9 Å². The van der Waals surface area contributed by atoms with Crippen LogP contribution in [0.5, 0.6) is 0 Å². The van der Waals surface area contributed by atoms with Crippen molar-refractivity contribution in [1.29, 1.82) is 0 Å². The highest BCUT2D eigenvalue weighted by molar-refractivity contribution is 5.83. The zero-order chi connectivity index (χ0) is 13.9. The summed E-state index contributed by atoms with van der Waals surface area (Å²) >= 11 is 0. The third-order valence-corrected chi connectivity index (χ3v) is 3.97. The van der Waals surface area contributed by atoms with E-state index < -0.39 is 0 Å². The summed E-state index contributed by atoms with van der Waals surface area (Å²) in [6, 6.07) is 17.1. The van der Waals surface area contributed by atoms with Crippen LogP contribution >= 0.6 is 0 Å². The summed E-state index contributed by atoms with van der Waals surface area (Å²) in [5, 5.41) is 1.30. The molecule has 3 N–H and O–H groups in total. The second-order valence-electron chi connectivity index (χ2n) is 5.41. The van der Waals surface area contributed by atoms with E-state index in [1.54, 1.807) is 0 Å². The van der Waals surface area contributed by atoms with Crippen LogP contribution in [-0.4, -0.2) is 11.5 Å². The number of aryl methyl sites for hydroxylation is 1. The molecule has 0 aliphatic rings. The summed E-state index contributed by atoms with van der Waals surface area (Å²) < 4.78 is 0. The Balaban J connectivity index is 1.89. The molecule has 1 heterocycles. The Kier molecular flexibility index (Phi) is 3.57. The van der Waals surface area contributed by atoms with Crippen molar-refractivity contribution in [3.05, 3.63) is 71.4 Å². The van der Waals surface area contributed by atoms with E-state index in [1.807, 2.05) is 0 Å². The molecule has 2 nitrogen and oxygen atoms in total. The number of nitrogens with one attached hydrogen (secondary N) is 1. The predicted molar refractivity (Wildman–Crippen MR) is 85.0 cm³/mol. The summed E-state index contributed by atoms with van der Waals surface area (Å²) in [4.78, 5) is 3.34. The lowest BCUT2D eigenvalue weighted by atomic mass is 9.91. The van der Waals surface area contributed by atoms with Gasteiger partial charge in [0.05, 0.1) is 0 Å². The maximum absolute atomic E-state index is 5.99. The number of H-pyrrole nitrogens is 1. The van der Waals surface area contributed by atoms with E-state index in [-0.39, 0.29) is 0 Å². The molecule has 0 aliphatic heterocycles. The van der Waals surface area contributed by atoms with Crippen LogP contribution in [0.15, 0.2) is 54.7 Å². The fraction of sp³-hybridized carbons (Fsp3) is 0.222. The lowest BCUT2D eigenvalue weighted by molar-refractivity contribution is 0.697. The van der Waals surface area contributed by atoms with Crippen molar-refractivity contribution in [2.45, 2.75) is 19.3 Å². The summed E-state index contributed by atoms with van der Waals surface area (Å²) in [5.41, 5.74) is 11.1. The van der Waals surface area contributed by atoms with Gasteiger partial charge in [-0.05, 0) is 37.1 Å². The molecule has 1 unspecified atom stereocenters. The molecule has 20 heavy (non-hydrogen) atoms. The Labute approximate surface area is 119 Å². The molecule has 3 rings (SSSR count). The minimum Gasteiger partial charge on any atom is -0.361 e. The molecule has 102 valence electrons. The first-order valence-electron chi connectivity index (χ1n) is 7.09. The minimum absolute atomic E-state index is 0.370. The van der Waals surface area contributed by atoms with Crippen molar-refractivity contribution in [3.63, 3.8) is 0 Å². The number of rotatable bonds is 4. The average molecular weight is 264 g/mol. The Hall–Kier alpha value is -2.06. The maximum Gasteiger partial charge on any atom is 0.0456 e. The van der Waals surface area contributed by atoms with E-state index in [0.29, 0.717) is 12.5 Å². The molecule has 0 spiro atoms. The van der Waals surface area contributed by atoms with Gasteiger partial charge in [-0.1, -0.05) is 48.0 Å². The topological polar surface area (TPSA) is 41.8 Å². The van der Waals surface area contributed by atoms with Crippen LogP contribution < -0.4 is 5.73 Å². The lowest BCUT2D eigenvalue weighted by Gasteiger charge is -2.15. The van der Waals surface area contributed by atoms with Crippen LogP contribution in [0.3, 0.4) is 0 Å². The van der Waals surface area contributed by atoms with Crippen molar-refractivity contribution in [3.8, 4) is 0 Å². The molecular weight excluding hydrogens is 244 g/mol. The second kappa shape index (κ2) is 5.51. The number of nitrogens with two attached hydrogens (primary N) is 1. The monoisotopic (exact) mass is 264 g/mol. The Morgan fingerprint density at radius 2 is 1.80 bits per heavy atom. The number of para-hydroxylation sites is 1. The van der Waals surface area contributed by atoms with Gasteiger partial charge >= 0.3 is 0 Å². The van der Waals surface area contributed by atoms with Gasteiger partial charge in [0.2, 0.25) is 0 Å². The Morgan fingerprint density at radius 1 is 1.05 bits per heavy atom. The smallest absolute Gasteiger partial charge is 0.0456 e. The van der Waals surface area contributed by atoms with Crippen LogP contribution in [0.25, 0.3) is 10.9 Å². The van der Waals surface area contributed by atoms with E-state index in [2.05, 4.69) is 66.6 Å². The van der Waals surface area contributed by atoms with Crippen molar-refractivity contribution in [2.24, 2.45) is 5.73 Å². The van der Waals surface area contributed by atoms with Crippen LogP contribution in [0.4, 0.5) is 0 Å². The molecule has 2 aromatic carbocycles. The molecule has 0 radical (unpaired) electrons. The number of aromatic amines is 1. The normalized spacial score (nSPS) is 12.7. The fourth-order valence-electron chi connectivity index (χ4n) is 2.74. The van der Waals surface area contributed by atoms with Gasteiger partial charge in [-0.2, -0.15) is 0 Å². The van der Waals surface area contributed by atoms with Crippen molar-refractivity contribution in [2.75, 3.05) is 6.54 Å². The number of fused-ring (bicyclic) bond motifs is 1. The van der Waals surface area contributed by atoms with Crippen LogP contribution in [0.2, 0.25) is 0 Å². The minimum atomic E-state index is 0.370. The van der Waals surface area contributed by atoms with Gasteiger partial charge in [-0.3, -0.25) is 0 Å². The molecule has 0 aliphatic carbocycles. The zero-order valence-corrected chi connectivity index (χ0v) is 11.8. The van der Waals surface area contributed by atoms with E-state index >= 15 is 0 Å². The molecule has 0 fully saturated rings. The van der Waals surface area contributed by atoms with Gasteiger partial charge in [0.15, 0.2) is 0 Å². The maximum atomic E-state index is 5.99. The fourth-order valence-corrected chi connectivity index (χ4v) is 2.74. The Bertz CT molecular complexity index is 695. The molecule has 3 aromatic rings. The van der Waals surface area contributed by atoms with Crippen LogP contribution in [0.1, 0.15) is 22.6 Å². The number of hydrogen-bond donors (Lipinski definition) is 2. The molecule has 0 saturated carbocycles. The molecule has 1 atom stereocenters. The standard InChI is InChI=1S/C18H20N2/c1-13-6-8-14(9-7-13)15(11-19)10-16-12-20-18-5-3-2-4-17(16)18/h2-9,12,15,20H,10-11,19H2,1H3. The highest BCUT2D eigenvalue weighted by Gasteiger charge is 2.13. The quantitative estimate of drug-likeness (QED) is 0.740. The molecular formula is C18H20N2. The third-order valence-electron chi connectivity index (χ3n) is 3.97. The third kappa shape index (κ3) is 2.47. The number of aromatic nitrogens is 1. The van der Waals surface area contributed by atoms with E-state index in [9.17, 15) is 0 Å². The molecule has 0 amide bonds. The number of benzene rings is 2. The summed E-state index contributed by atoms with van der Waals surface area (Å²) in [6.07, 6.45) is 3.09. The summed E-state index contributed by atoms with van der Waals surface area (Å²) in [5.74, 6) is 0.370. The largest absolute Gasteiger partial charge is 0.361 e. The molecule has 1 aromatic heterocycles. The van der Waals surface area contributed by atoms with E-state index in [4.69, 9.17) is 5.73 Å². The van der Waals surface area contributed by atoms with Gasteiger partial charge < -0.3 is 10.7 Å². The second-order valence-corrected chi connectivity index (χ2v) is 5.41. The van der Waals surface area contributed by atoms with Gasteiger partial charge in [0.1, 0.15) is 0 Å². The first-order chi connectivity index (χ1) is 9.78. The van der Waals surface area contributed by atoms with Crippen molar-refractivity contribution < 1.29 is 0 Å². The first-order valence-corrected chi connectivity index (χ1v) is 7.09. The van der Waals surface area contributed by atoms with Gasteiger partial charge in [-0.25, -0.2) is 0 Å². The SMILES string of the molecule is Cc1ccc(C(CN)Cc2c[nH]c3ccccc23)cc1. The van der Waals surface area contributed by atoms with Crippen molar-refractivity contribution in [1.82, 2.24) is 4.98 Å². The molecule has 0 saturated heterocycles. The highest BCUT2D eigenvalue weighted by atomic mass is 14.7. The van der Waals surface area contributed by atoms with Gasteiger partial charge in [-0.15, -0.1) is 0 Å². The number of hydrogen-bond acceptors (Lipinski definition) is 1. The van der Waals surface area contributed by atoms with Crippen LogP contribution in [-0.2, 0) is 6.42 Å². The van der Waals surface area contributed by atoms with E-state index in [1.165, 1.54) is 27.6 Å². The summed E-state index contributed by atoms with van der Waals surface area (Å²) in [7, 11) is 0. The lowest BCUT2D eigenvalue weighted by Crippen LogP contribution is -2.14. The highest BCUT2D eigenvalue weighted by Crippen LogP contribution is 2.25. The Morgan fingerprint density at radius 3 is 2.55 bits per heavy atom.